The average molecular weight is 280 g/mol. The zero-order chi connectivity index (χ0) is 14.4. The van der Waals surface area contributed by atoms with E-state index in [4.69, 9.17) is 0 Å². The second-order valence-electron chi connectivity index (χ2n) is 6.97. The topological polar surface area (TPSA) is 41.1 Å². The first kappa shape index (κ1) is 15.8. The second-order valence-corrected chi connectivity index (χ2v) is 6.97. The summed E-state index contributed by atoms with van der Waals surface area (Å²) in [5.74, 6) is 0.996. The molecule has 1 aliphatic heterocycles. The minimum atomic E-state index is -0.131. The van der Waals surface area contributed by atoms with Gasteiger partial charge >= 0.3 is 0 Å². The summed E-state index contributed by atoms with van der Waals surface area (Å²) in [6, 6.07) is 0.343. The zero-order valence-electron chi connectivity index (χ0n) is 13.3. The summed E-state index contributed by atoms with van der Waals surface area (Å²) in [5, 5.41) is 6.75. The maximum atomic E-state index is 12.7. The predicted octanol–water partition coefficient (Wildman–Crippen LogP) is 3.24. The average Bonchev–Trinajstić information content (AvgIpc) is 2.75. The molecule has 2 aliphatic rings. The van der Waals surface area contributed by atoms with Gasteiger partial charge in [-0.25, -0.2) is 0 Å². The number of hydrogen-bond donors (Lipinski definition) is 2. The smallest absolute Gasteiger partial charge is 0.227 e. The molecule has 1 saturated carbocycles. The van der Waals surface area contributed by atoms with Crippen LogP contribution in [0.15, 0.2) is 0 Å². The lowest BCUT2D eigenvalue weighted by Crippen LogP contribution is -2.48. The van der Waals surface area contributed by atoms with Crippen LogP contribution in [-0.2, 0) is 4.79 Å². The van der Waals surface area contributed by atoms with Gasteiger partial charge in [0, 0.05) is 12.6 Å². The summed E-state index contributed by atoms with van der Waals surface area (Å²) in [6.07, 6.45) is 11.1. The van der Waals surface area contributed by atoms with Gasteiger partial charge in [0.05, 0.1) is 5.41 Å². The van der Waals surface area contributed by atoms with Crippen molar-refractivity contribution in [3.63, 3.8) is 0 Å². The van der Waals surface area contributed by atoms with Crippen molar-refractivity contribution in [3.05, 3.63) is 0 Å². The summed E-state index contributed by atoms with van der Waals surface area (Å²) in [5.41, 5.74) is -0.131. The molecule has 1 unspecified atom stereocenters. The molecule has 1 amide bonds. The molecule has 2 N–H and O–H groups in total. The Morgan fingerprint density at radius 3 is 2.55 bits per heavy atom. The molecule has 0 spiro atoms. The third kappa shape index (κ3) is 3.75. The van der Waals surface area contributed by atoms with Gasteiger partial charge in [0.1, 0.15) is 0 Å². The second kappa shape index (κ2) is 7.44. The first-order valence-corrected chi connectivity index (χ1v) is 8.69. The van der Waals surface area contributed by atoms with Crippen LogP contribution in [-0.4, -0.2) is 25.0 Å². The lowest BCUT2D eigenvalue weighted by Gasteiger charge is -2.31. The third-order valence-electron chi connectivity index (χ3n) is 5.42. The fraction of sp³-hybridized carbons (Fsp3) is 0.941. The Hall–Kier alpha value is -0.570. The fourth-order valence-corrected chi connectivity index (χ4v) is 4.03. The van der Waals surface area contributed by atoms with Crippen molar-refractivity contribution in [2.24, 2.45) is 11.3 Å². The molecule has 3 heteroatoms. The molecule has 0 radical (unpaired) electrons. The van der Waals surface area contributed by atoms with Crippen LogP contribution in [0.5, 0.6) is 0 Å². The van der Waals surface area contributed by atoms with E-state index in [2.05, 4.69) is 24.5 Å². The minimum Gasteiger partial charge on any atom is -0.353 e. The Bertz CT molecular complexity index is 302. The minimum absolute atomic E-state index is 0.131. The summed E-state index contributed by atoms with van der Waals surface area (Å²) in [4.78, 5) is 12.7. The number of hydrogen-bond acceptors (Lipinski definition) is 2. The summed E-state index contributed by atoms with van der Waals surface area (Å²) in [7, 11) is 0. The van der Waals surface area contributed by atoms with E-state index >= 15 is 0 Å². The van der Waals surface area contributed by atoms with Crippen LogP contribution in [0, 0.1) is 11.3 Å². The molecular weight excluding hydrogens is 248 g/mol. The first-order valence-electron chi connectivity index (χ1n) is 8.69. The Kier molecular flexibility index (Phi) is 5.88. The molecule has 1 heterocycles. The molecule has 1 saturated heterocycles. The van der Waals surface area contributed by atoms with E-state index in [0.717, 1.165) is 32.4 Å². The maximum absolute atomic E-state index is 12.7. The molecule has 2 atom stereocenters. The van der Waals surface area contributed by atoms with E-state index in [1.54, 1.807) is 0 Å². The van der Waals surface area contributed by atoms with E-state index < -0.39 is 0 Å². The van der Waals surface area contributed by atoms with Gasteiger partial charge in [0.2, 0.25) is 5.91 Å². The van der Waals surface area contributed by atoms with Crippen molar-refractivity contribution >= 4 is 5.91 Å². The van der Waals surface area contributed by atoms with Crippen LogP contribution < -0.4 is 10.6 Å². The quantitative estimate of drug-likeness (QED) is 0.759. The lowest BCUT2D eigenvalue weighted by molar-refractivity contribution is -0.131. The normalized spacial score (nSPS) is 29.9. The van der Waals surface area contributed by atoms with Crippen molar-refractivity contribution in [2.75, 3.05) is 13.1 Å². The van der Waals surface area contributed by atoms with Crippen molar-refractivity contribution in [1.29, 1.82) is 0 Å². The highest BCUT2D eigenvalue weighted by Gasteiger charge is 2.41. The molecule has 0 bridgehead atoms. The molecule has 3 nitrogen and oxygen atoms in total. The summed E-state index contributed by atoms with van der Waals surface area (Å²) < 4.78 is 0. The van der Waals surface area contributed by atoms with Crippen molar-refractivity contribution in [3.8, 4) is 0 Å². The Morgan fingerprint density at radius 1 is 1.30 bits per heavy atom. The van der Waals surface area contributed by atoms with Crippen LogP contribution in [0.2, 0.25) is 0 Å². The molecule has 20 heavy (non-hydrogen) atoms. The Labute approximate surface area is 124 Å². The number of rotatable bonds is 5. The Balaban J connectivity index is 1.91. The molecule has 0 aromatic carbocycles. The summed E-state index contributed by atoms with van der Waals surface area (Å²) in [6.45, 7) is 6.26. The van der Waals surface area contributed by atoms with Crippen LogP contribution in [0.25, 0.3) is 0 Å². The van der Waals surface area contributed by atoms with Crippen LogP contribution in [0.1, 0.15) is 71.6 Å². The van der Waals surface area contributed by atoms with E-state index in [1.807, 2.05) is 0 Å². The molecule has 116 valence electrons. The van der Waals surface area contributed by atoms with E-state index in [-0.39, 0.29) is 5.41 Å². The monoisotopic (exact) mass is 280 g/mol. The van der Waals surface area contributed by atoms with E-state index in [0.29, 0.717) is 17.9 Å². The van der Waals surface area contributed by atoms with Gasteiger partial charge in [-0.05, 0) is 45.1 Å². The van der Waals surface area contributed by atoms with Gasteiger partial charge in [-0.1, -0.05) is 39.0 Å². The lowest BCUT2D eigenvalue weighted by atomic mass is 9.81. The van der Waals surface area contributed by atoms with E-state index in [9.17, 15) is 4.79 Å². The van der Waals surface area contributed by atoms with Crippen LogP contribution in [0.4, 0.5) is 0 Å². The molecule has 1 aliphatic carbocycles. The van der Waals surface area contributed by atoms with Crippen LogP contribution >= 0.6 is 0 Å². The Morgan fingerprint density at radius 2 is 2.00 bits per heavy atom. The van der Waals surface area contributed by atoms with Crippen LogP contribution in [0.3, 0.4) is 0 Å². The SMILES string of the molecule is CCCC1(C(=O)N[C@H](C)C2CCCCCC2)CCNC1. The van der Waals surface area contributed by atoms with Crippen molar-refractivity contribution in [2.45, 2.75) is 77.7 Å². The molecule has 2 rings (SSSR count). The molecule has 2 fully saturated rings. The van der Waals surface area contributed by atoms with Gasteiger partial charge in [-0.3, -0.25) is 4.79 Å². The number of carbonyl (C=O) groups is 1. The maximum Gasteiger partial charge on any atom is 0.227 e. The number of nitrogens with one attached hydrogen (secondary N) is 2. The standard InChI is InChI=1S/C17H32N2O/c1-3-10-17(11-12-18-13-17)16(20)19-14(2)15-8-6-4-5-7-9-15/h14-15,18H,3-13H2,1-2H3,(H,19,20)/t14-,17?/m1/s1. The van der Waals surface area contributed by atoms with Gasteiger partial charge in [0.25, 0.3) is 0 Å². The first-order chi connectivity index (χ1) is 9.68. The third-order valence-corrected chi connectivity index (χ3v) is 5.42. The fourth-order valence-electron chi connectivity index (χ4n) is 4.03. The van der Waals surface area contributed by atoms with Crippen molar-refractivity contribution < 1.29 is 4.79 Å². The van der Waals surface area contributed by atoms with Gasteiger partial charge in [0.15, 0.2) is 0 Å². The predicted molar refractivity (Wildman–Crippen MR) is 83.6 cm³/mol. The molecular formula is C17H32N2O. The zero-order valence-corrected chi connectivity index (χ0v) is 13.3. The van der Waals surface area contributed by atoms with E-state index in [1.165, 1.54) is 38.5 Å². The largest absolute Gasteiger partial charge is 0.353 e. The summed E-state index contributed by atoms with van der Waals surface area (Å²) >= 11 is 0. The molecule has 0 aromatic heterocycles. The van der Waals surface area contributed by atoms with Gasteiger partial charge in [-0.15, -0.1) is 0 Å². The highest BCUT2D eigenvalue weighted by Crippen LogP contribution is 2.32. The van der Waals surface area contributed by atoms with Gasteiger partial charge < -0.3 is 10.6 Å². The highest BCUT2D eigenvalue weighted by molar-refractivity contribution is 5.83. The van der Waals surface area contributed by atoms with Gasteiger partial charge in [-0.2, -0.15) is 0 Å². The molecule has 0 aromatic rings. The number of carbonyl (C=O) groups excluding carboxylic acids is 1. The number of amides is 1. The van der Waals surface area contributed by atoms with Crippen molar-refractivity contribution in [1.82, 2.24) is 10.6 Å². The highest BCUT2D eigenvalue weighted by atomic mass is 16.2.